The van der Waals surface area contributed by atoms with Crippen LogP contribution in [0, 0.1) is 5.92 Å². The van der Waals surface area contributed by atoms with Crippen LogP contribution in [0.3, 0.4) is 0 Å². The van der Waals surface area contributed by atoms with Crippen molar-refractivity contribution < 1.29 is 0 Å². The Morgan fingerprint density at radius 1 is 1.44 bits per heavy atom. The van der Waals surface area contributed by atoms with Gasteiger partial charge in [-0.1, -0.05) is 6.92 Å². The summed E-state index contributed by atoms with van der Waals surface area (Å²) in [5.74, 6) is 3.52. The number of hydrogen-bond donors (Lipinski definition) is 1. The minimum Gasteiger partial charge on any atom is -0.311 e. The van der Waals surface area contributed by atoms with E-state index in [0.717, 1.165) is 18.0 Å². The van der Waals surface area contributed by atoms with Crippen LogP contribution in [0.4, 0.5) is 0 Å². The summed E-state index contributed by atoms with van der Waals surface area (Å²) in [6.45, 7) is 9.48. The molecule has 94 valence electrons. The molecule has 3 atom stereocenters. The number of thioether (sulfide) groups is 1. The van der Waals surface area contributed by atoms with Crippen LogP contribution in [0.15, 0.2) is 0 Å². The first kappa shape index (κ1) is 12.7. The van der Waals surface area contributed by atoms with Crippen LogP contribution in [-0.2, 0) is 0 Å². The van der Waals surface area contributed by atoms with Crippen molar-refractivity contribution in [1.29, 1.82) is 0 Å². The smallest absolute Gasteiger partial charge is 0.0224 e. The monoisotopic (exact) mass is 242 g/mol. The summed E-state index contributed by atoms with van der Waals surface area (Å²) in [5.41, 5.74) is 0. The van der Waals surface area contributed by atoms with Gasteiger partial charge in [0.1, 0.15) is 0 Å². The fraction of sp³-hybridized carbons (Fsp3) is 1.00. The quantitative estimate of drug-likeness (QED) is 0.796. The lowest BCUT2D eigenvalue weighted by Crippen LogP contribution is -2.59. The number of hydrogen-bond acceptors (Lipinski definition) is 3. The lowest BCUT2D eigenvalue weighted by Gasteiger charge is -2.42. The summed E-state index contributed by atoms with van der Waals surface area (Å²) < 4.78 is 0. The molecule has 1 saturated heterocycles. The number of nitrogens with zero attached hydrogens (tertiary/aromatic N) is 1. The Balaban J connectivity index is 1.84. The van der Waals surface area contributed by atoms with E-state index >= 15 is 0 Å². The number of rotatable bonds is 5. The second-order valence-corrected chi connectivity index (χ2v) is 6.73. The van der Waals surface area contributed by atoms with Crippen molar-refractivity contribution in [3.63, 3.8) is 0 Å². The molecule has 2 nitrogen and oxygen atoms in total. The summed E-state index contributed by atoms with van der Waals surface area (Å²) in [4.78, 5) is 2.72. The van der Waals surface area contributed by atoms with E-state index in [1.165, 1.54) is 37.4 Å². The molecule has 1 aliphatic heterocycles. The van der Waals surface area contributed by atoms with E-state index < -0.39 is 0 Å². The highest BCUT2D eigenvalue weighted by Gasteiger charge is 2.37. The first-order chi connectivity index (χ1) is 7.72. The Morgan fingerprint density at radius 3 is 2.81 bits per heavy atom. The van der Waals surface area contributed by atoms with Gasteiger partial charge >= 0.3 is 0 Å². The van der Waals surface area contributed by atoms with E-state index in [2.05, 4.69) is 42.7 Å². The van der Waals surface area contributed by atoms with Crippen LogP contribution in [0.5, 0.6) is 0 Å². The molecule has 1 N–H and O–H groups in total. The van der Waals surface area contributed by atoms with E-state index in [-0.39, 0.29) is 0 Å². The third-order valence-electron chi connectivity index (χ3n) is 3.97. The topological polar surface area (TPSA) is 15.3 Å². The molecule has 0 spiro atoms. The molecular weight excluding hydrogens is 216 g/mol. The highest BCUT2D eigenvalue weighted by atomic mass is 32.2. The van der Waals surface area contributed by atoms with Crippen LogP contribution in [0.25, 0.3) is 0 Å². The first-order valence-electron chi connectivity index (χ1n) is 6.79. The van der Waals surface area contributed by atoms with Gasteiger partial charge in [-0.2, -0.15) is 11.8 Å². The minimum atomic E-state index is 0.711. The Labute approximate surface area is 105 Å². The molecule has 2 fully saturated rings. The van der Waals surface area contributed by atoms with E-state index in [9.17, 15) is 0 Å². The normalized spacial score (nSPS) is 33.9. The Morgan fingerprint density at radius 2 is 2.19 bits per heavy atom. The molecule has 0 amide bonds. The Bertz CT molecular complexity index is 218. The third kappa shape index (κ3) is 3.14. The molecule has 3 heteroatoms. The SMILES string of the molecule is CCSCC(C)N1CC(C2CC2)NCC1C. The lowest BCUT2D eigenvalue weighted by molar-refractivity contribution is 0.102. The van der Waals surface area contributed by atoms with Crippen molar-refractivity contribution in [1.82, 2.24) is 10.2 Å². The first-order valence-corrected chi connectivity index (χ1v) is 7.94. The van der Waals surface area contributed by atoms with Crippen molar-refractivity contribution in [2.24, 2.45) is 5.92 Å². The highest BCUT2D eigenvalue weighted by Crippen LogP contribution is 2.34. The van der Waals surface area contributed by atoms with Crippen LogP contribution in [0.1, 0.15) is 33.6 Å². The largest absolute Gasteiger partial charge is 0.311 e. The van der Waals surface area contributed by atoms with Crippen molar-refractivity contribution >= 4 is 11.8 Å². The zero-order valence-electron chi connectivity index (χ0n) is 10.9. The molecule has 0 aromatic rings. The van der Waals surface area contributed by atoms with E-state index in [1.807, 2.05) is 0 Å². The van der Waals surface area contributed by atoms with Crippen LogP contribution in [-0.4, -0.2) is 47.6 Å². The minimum absolute atomic E-state index is 0.711. The van der Waals surface area contributed by atoms with E-state index in [0.29, 0.717) is 6.04 Å². The maximum atomic E-state index is 3.72. The summed E-state index contributed by atoms with van der Waals surface area (Å²) >= 11 is 2.08. The number of piperazine rings is 1. The molecule has 0 aromatic heterocycles. The van der Waals surface area contributed by atoms with Gasteiger partial charge in [-0.05, 0) is 38.4 Å². The number of nitrogens with one attached hydrogen (secondary N) is 1. The standard InChI is InChI=1S/C13H26N2S/c1-4-16-9-11(3)15-8-13(12-5-6-12)14-7-10(15)2/h10-14H,4-9H2,1-3H3. The van der Waals surface area contributed by atoms with Crippen molar-refractivity contribution in [3.05, 3.63) is 0 Å². The lowest BCUT2D eigenvalue weighted by atomic mass is 10.0. The zero-order chi connectivity index (χ0) is 11.5. The molecule has 0 radical (unpaired) electrons. The highest BCUT2D eigenvalue weighted by molar-refractivity contribution is 7.99. The molecular formula is C13H26N2S. The molecule has 0 bridgehead atoms. The fourth-order valence-corrected chi connectivity index (χ4v) is 3.49. The summed E-state index contributed by atoms with van der Waals surface area (Å²) in [5, 5.41) is 3.72. The molecule has 2 rings (SSSR count). The summed E-state index contributed by atoms with van der Waals surface area (Å²) in [7, 11) is 0. The maximum Gasteiger partial charge on any atom is 0.0224 e. The maximum absolute atomic E-state index is 3.72. The van der Waals surface area contributed by atoms with Gasteiger partial charge in [0.15, 0.2) is 0 Å². The van der Waals surface area contributed by atoms with E-state index in [4.69, 9.17) is 0 Å². The van der Waals surface area contributed by atoms with Gasteiger partial charge in [-0.15, -0.1) is 0 Å². The Hall–Kier alpha value is 0.270. The van der Waals surface area contributed by atoms with Crippen molar-refractivity contribution in [2.45, 2.75) is 51.7 Å². The second kappa shape index (κ2) is 5.74. The molecule has 1 saturated carbocycles. The summed E-state index contributed by atoms with van der Waals surface area (Å²) in [6.07, 6.45) is 2.91. The predicted molar refractivity (Wildman–Crippen MR) is 73.1 cm³/mol. The fourth-order valence-electron chi connectivity index (χ4n) is 2.72. The molecule has 1 heterocycles. The average molecular weight is 242 g/mol. The average Bonchev–Trinajstić information content (AvgIpc) is 3.10. The van der Waals surface area contributed by atoms with Gasteiger partial charge < -0.3 is 5.32 Å². The van der Waals surface area contributed by atoms with E-state index in [1.54, 1.807) is 0 Å². The Kier molecular flexibility index (Phi) is 4.57. The van der Waals surface area contributed by atoms with Crippen molar-refractivity contribution in [3.8, 4) is 0 Å². The van der Waals surface area contributed by atoms with Crippen LogP contribution >= 0.6 is 11.8 Å². The molecule has 3 unspecified atom stereocenters. The van der Waals surface area contributed by atoms with Gasteiger partial charge in [0, 0.05) is 37.0 Å². The van der Waals surface area contributed by atoms with Gasteiger partial charge in [0.2, 0.25) is 0 Å². The van der Waals surface area contributed by atoms with Gasteiger partial charge in [0.25, 0.3) is 0 Å². The zero-order valence-corrected chi connectivity index (χ0v) is 11.7. The summed E-state index contributed by atoms with van der Waals surface area (Å²) in [6, 6.07) is 2.23. The predicted octanol–water partition coefficient (Wildman–Crippen LogP) is 2.20. The van der Waals surface area contributed by atoms with Gasteiger partial charge in [0.05, 0.1) is 0 Å². The van der Waals surface area contributed by atoms with Gasteiger partial charge in [-0.3, -0.25) is 4.90 Å². The van der Waals surface area contributed by atoms with Crippen LogP contribution < -0.4 is 5.32 Å². The van der Waals surface area contributed by atoms with Crippen molar-refractivity contribution in [2.75, 3.05) is 24.6 Å². The molecule has 1 aliphatic carbocycles. The third-order valence-corrected chi connectivity index (χ3v) is 5.10. The molecule has 2 aliphatic rings. The molecule has 0 aromatic carbocycles. The molecule has 16 heavy (non-hydrogen) atoms. The van der Waals surface area contributed by atoms with Crippen LogP contribution in [0.2, 0.25) is 0 Å². The van der Waals surface area contributed by atoms with Gasteiger partial charge in [-0.25, -0.2) is 0 Å². The second-order valence-electron chi connectivity index (χ2n) is 5.41.